The summed E-state index contributed by atoms with van der Waals surface area (Å²) in [6.45, 7) is 3.55. The minimum absolute atomic E-state index is 0.334. The van der Waals surface area contributed by atoms with Crippen molar-refractivity contribution >= 4 is 5.97 Å². The number of carbonyl (C=O) groups is 1. The fourth-order valence-electron chi connectivity index (χ4n) is 0.600. The van der Waals surface area contributed by atoms with E-state index in [1.165, 1.54) is 6.08 Å². The van der Waals surface area contributed by atoms with Gasteiger partial charge < -0.3 is 10.8 Å². The molecule has 3 nitrogen and oxygen atoms in total. The molecular weight excluding hydrogens is 142 g/mol. The molecule has 0 aromatic carbocycles. The van der Waals surface area contributed by atoms with E-state index in [9.17, 15) is 4.79 Å². The lowest BCUT2D eigenvalue weighted by atomic mass is 10.2. The number of carboxylic acid groups (broad SMARTS) is 1. The Balaban J connectivity index is 4.49. The van der Waals surface area contributed by atoms with Crippen molar-refractivity contribution in [1.82, 2.24) is 0 Å². The van der Waals surface area contributed by atoms with E-state index in [2.05, 4.69) is 0 Å². The van der Waals surface area contributed by atoms with Gasteiger partial charge in [-0.05, 0) is 19.4 Å². The number of carboxylic acids is 1. The molecule has 3 N–H and O–H groups in total. The van der Waals surface area contributed by atoms with Crippen LogP contribution in [0.25, 0.3) is 0 Å². The maximum absolute atomic E-state index is 10.4. The molecule has 0 unspecified atom stereocenters. The second-order valence-corrected chi connectivity index (χ2v) is 2.12. The smallest absolute Gasteiger partial charge is 0.331 e. The van der Waals surface area contributed by atoms with Gasteiger partial charge in [-0.3, -0.25) is 0 Å². The van der Waals surface area contributed by atoms with Crippen LogP contribution >= 0.6 is 0 Å². The molecule has 0 bridgehead atoms. The van der Waals surface area contributed by atoms with E-state index in [1.807, 2.05) is 0 Å². The first kappa shape index (κ1) is 9.75. The van der Waals surface area contributed by atoms with Gasteiger partial charge in [-0.2, -0.15) is 0 Å². The minimum Gasteiger partial charge on any atom is -0.478 e. The average Bonchev–Trinajstić information content (AvgIpc) is 1.99. The van der Waals surface area contributed by atoms with Crippen LogP contribution in [0, 0.1) is 0 Å². The van der Waals surface area contributed by atoms with Gasteiger partial charge >= 0.3 is 5.97 Å². The molecule has 0 atom stereocenters. The summed E-state index contributed by atoms with van der Waals surface area (Å²) in [6.07, 6.45) is 3.63. The Labute approximate surface area is 66.2 Å². The first-order chi connectivity index (χ1) is 5.11. The van der Waals surface area contributed by atoms with Gasteiger partial charge in [0.2, 0.25) is 0 Å². The average molecular weight is 155 g/mol. The van der Waals surface area contributed by atoms with Gasteiger partial charge in [0.1, 0.15) is 0 Å². The molecule has 3 heteroatoms. The van der Waals surface area contributed by atoms with E-state index in [0.717, 1.165) is 0 Å². The van der Waals surface area contributed by atoms with Gasteiger partial charge in [0, 0.05) is 11.3 Å². The normalized spacial score (nSPS) is 13.3. The van der Waals surface area contributed by atoms with E-state index in [1.54, 1.807) is 19.9 Å². The maximum atomic E-state index is 10.4. The number of aliphatic carboxylic acids is 1. The Morgan fingerprint density at radius 2 is 2.18 bits per heavy atom. The molecule has 0 aromatic heterocycles. The van der Waals surface area contributed by atoms with Crippen LogP contribution in [0.15, 0.2) is 23.4 Å². The van der Waals surface area contributed by atoms with E-state index >= 15 is 0 Å². The summed E-state index contributed by atoms with van der Waals surface area (Å²) >= 11 is 0. The minimum atomic E-state index is -0.905. The second kappa shape index (κ2) is 4.55. The van der Waals surface area contributed by atoms with Crippen LogP contribution in [0.3, 0.4) is 0 Å². The predicted molar refractivity (Wildman–Crippen MR) is 44.0 cm³/mol. The third-order valence-corrected chi connectivity index (χ3v) is 1.33. The molecule has 0 aliphatic rings. The summed E-state index contributed by atoms with van der Waals surface area (Å²) in [4.78, 5) is 10.4. The molecule has 62 valence electrons. The van der Waals surface area contributed by atoms with Crippen molar-refractivity contribution in [3.05, 3.63) is 23.4 Å². The molecule has 0 saturated heterocycles. The van der Waals surface area contributed by atoms with Gasteiger partial charge in [-0.1, -0.05) is 13.0 Å². The molecule has 0 aliphatic heterocycles. The van der Waals surface area contributed by atoms with Crippen LogP contribution in [-0.2, 0) is 4.79 Å². The van der Waals surface area contributed by atoms with Crippen LogP contribution < -0.4 is 5.73 Å². The molecule has 11 heavy (non-hydrogen) atoms. The van der Waals surface area contributed by atoms with Crippen molar-refractivity contribution in [3.8, 4) is 0 Å². The van der Waals surface area contributed by atoms with Gasteiger partial charge in [-0.25, -0.2) is 4.79 Å². The number of rotatable bonds is 3. The fourth-order valence-corrected chi connectivity index (χ4v) is 0.600. The Morgan fingerprint density at radius 1 is 1.64 bits per heavy atom. The molecule has 0 heterocycles. The Morgan fingerprint density at radius 3 is 2.45 bits per heavy atom. The lowest BCUT2D eigenvalue weighted by molar-refractivity contribution is -0.132. The van der Waals surface area contributed by atoms with Crippen molar-refractivity contribution in [3.63, 3.8) is 0 Å². The monoisotopic (exact) mass is 155 g/mol. The van der Waals surface area contributed by atoms with Gasteiger partial charge in [0.25, 0.3) is 0 Å². The molecule has 0 aliphatic carbocycles. The van der Waals surface area contributed by atoms with E-state index in [4.69, 9.17) is 10.8 Å². The number of hydrogen-bond acceptors (Lipinski definition) is 2. The summed E-state index contributed by atoms with van der Waals surface area (Å²) in [5, 5.41) is 8.57. The first-order valence-electron chi connectivity index (χ1n) is 3.47. The van der Waals surface area contributed by atoms with Crippen molar-refractivity contribution in [2.24, 2.45) is 5.73 Å². The highest BCUT2D eigenvalue weighted by Crippen LogP contribution is 2.02. The summed E-state index contributed by atoms with van der Waals surface area (Å²) in [7, 11) is 0. The molecule has 0 saturated carbocycles. The fraction of sp³-hybridized carbons (Fsp3) is 0.375. The Hall–Kier alpha value is -1.25. The van der Waals surface area contributed by atoms with Crippen molar-refractivity contribution in [2.45, 2.75) is 20.3 Å². The quantitative estimate of drug-likeness (QED) is 0.476. The van der Waals surface area contributed by atoms with Gasteiger partial charge in [0.15, 0.2) is 0 Å². The molecule has 0 radical (unpaired) electrons. The summed E-state index contributed by atoms with van der Waals surface area (Å²) < 4.78 is 0. The standard InChI is InChI=1S/C8H13NO2/c1-3-6(8(10)11)5-7(9)4-2/h4-5H,3,9H2,1-2H3,(H,10,11)/b6-5+,7-4+. The summed E-state index contributed by atoms with van der Waals surface area (Å²) in [5.41, 5.74) is 6.23. The molecule has 0 amide bonds. The Kier molecular flexibility index (Phi) is 4.03. The van der Waals surface area contributed by atoms with Crippen molar-refractivity contribution < 1.29 is 9.90 Å². The lowest BCUT2D eigenvalue weighted by Gasteiger charge is -1.96. The second-order valence-electron chi connectivity index (χ2n) is 2.12. The van der Waals surface area contributed by atoms with E-state index in [0.29, 0.717) is 17.7 Å². The first-order valence-corrected chi connectivity index (χ1v) is 3.47. The van der Waals surface area contributed by atoms with Crippen molar-refractivity contribution in [2.75, 3.05) is 0 Å². The molecule has 0 aromatic rings. The zero-order valence-corrected chi connectivity index (χ0v) is 6.79. The molecule has 0 spiro atoms. The summed E-state index contributed by atoms with van der Waals surface area (Å²) in [5.74, 6) is -0.905. The lowest BCUT2D eigenvalue weighted by Crippen LogP contribution is -2.02. The van der Waals surface area contributed by atoms with Crippen LogP contribution in [0.1, 0.15) is 20.3 Å². The topological polar surface area (TPSA) is 63.3 Å². The third kappa shape index (κ3) is 3.45. The highest BCUT2D eigenvalue weighted by Gasteiger charge is 2.02. The SMILES string of the molecule is C/C=C(N)\C=C(/CC)C(=O)O. The highest BCUT2D eigenvalue weighted by atomic mass is 16.4. The largest absolute Gasteiger partial charge is 0.478 e. The molecule has 0 rings (SSSR count). The predicted octanol–water partition coefficient (Wildman–Crippen LogP) is 1.27. The van der Waals surface area contributed by atoms with Crippen LogP contribution in [0.2, 0.25) is 0 Å². The number of allylic oxidation sites excluding steroid dienone is 2. The van der Waals surface area contributed by atoms with Crippen LogP contribution in [-0.4, -0.2) is 11.1 Å². The Bertz CT molecular complexity index is 204. The number of hydrogen-bond donors (Lipinski definition) is 2. The zero-order chi connectivity index (χ0) is 8.85. The zero-order valence-electron chi connectivity index (χ0n) is 6.79. The summed E-state index contributed by atoms with van der Waals surface area (Å²) in [6, 6.07) is 0. The van der Waals surface area contributed by atoms with E-state index in [-0.39, 0.29) is 0 Å². The molecule has 0 fully saturated rings. The molecular formula is C8H13NO2. The third-order valence-electron chi connectivity index (χ3n) is 1.33. The van der Waals surface area contributed by atoms with Crippen LogP contribution in [0.5, 0.6) is 0 Å². The van der Waals surface area contributed by atoms with Crippen LogP contribution in [0.4, 0.5) is 0 Å². The van der Waals surface area contributed by atoms with Gasteiger partial charge in [-0.15, -0.1) is 0 Å². The highest BCUT2D eigenvalue weighted by molar-refractivity contribution is 5.87. The van der Waals surface area contributed by atoms with E-state index < -0.39 is 5.97 Å². The van der Waals surface area contributed by atoms with Gasteiger partial charge in [0.05, 0.1) is 0 Å². The number of nitrogens with two attached hydrogens (primary N) is 1. The van der Waals surface area contributed by atoms with Crippen molar-refractivity contribution in [1.29, 1.82) is 0 Å². The maximum Gasteiger partial charge on any atom is 0.331 e.